The van der Waals surface area contributed by atoms with Gasteiger partial charge in [0.15, 0.2) is 0 Å². The van der Waals surface area contributed by atoms with Crippen LogP contribution in [0.1, 0.15) is 510 Å². The molecule has 0 spiro atoms. The van der Waals surface area contributed by atoms with E-state index in [9.17, 15) is 0 Å². The van der Waals surface area contributed by atoms with Crippen LogP contribution in [0.4, 0.5) is 0 Å². The van der Waals surface area contributed by atoms with Crippen molar-refractivity contribution in [2.75, 3.05) is 0 Å². The Morgan fingerprint density at radius 1 is 0.164 bits per heavy atom. The van der Waals surface area contributed by atoms with Gasteiger partial charge in [-0.15, -0.1) is 35.7 Å². The third-order valence-electron chi connectivity index (χ3n) is 25.1. The summed E-state index contributed by atoms with van der Waals surface area (Å²) in [5.41, 5.74) is 8.85. The Hall–Kier alpha value is -6.02. The fraction of sp³-hybridized carbons (Fsp3) is 0.876. The molecule has 134 heavy (non-hydrogen) atoms. The molecule has 7 rings (SSSR count). The Bertz CT molecular complexity index is 3420. The Kier molecular flexibility index (Phi) is 77.9. The van der Waals surface area contributed by atoms with Crippen molar-refractivity contribution in [3.05, 3.63) is 83.2 Å². The molecular weight excluding hydrogens is 1650 g/mol. The molecule has 0 radical (unpaired) electrons. The normalized spacial score (nSPS) is 11.7. The lowest BCUT2D eigenvalue weighted by molar-refractivity contribution is 0.474. The Morgan fingerprint density at radius 3 is 0.560 bits per heavy atom. The zero-order valence-electron chi connectivity index (χ0n) is 93.3. The van der Waals surface area contributed by atoms with Gasteiger partial charge in [-0.05, 0) is 218 Å². The largest absolute Gasteiger partial charge is 0.252 e. The minimum atomic E-state index is 0.730. The summed E-state index contributed by atoms with van der Waals surface area (Å²) in [6.07, 6.45) is 77.9. The lowest BCUT2D eigenvalue weighted by Gasteiger charge is -2.08. The van der Waals surface area contributed by atoms with E-state index in [-0.39, 0.29) is 0 Å². The second-order valence-corrected chi connectivity index (χ2v) is 45.7. The predicted molar refractivity (Wildman–Crippen MR) is 572 cm³/mol. The molecule has 0 bridgehead atoms. The number of hydrogen-bond acceptors (Lipinski definition) is 14. The molecule has 0 amide bonds. The maximum atomic E-state index is 4.25. The number of hydrogen-bond donors (Lipinski definition) is 0. The van der Waals surface area contributed by atoms with E-state index < -0.39 is 0 Å². The molecule has 7 aromatic heterocycles. The topological polar surface area (TPSA) is 215 Å². The number of unbranched alkanes of at least 4 members (excludes halogenated alkanes) is 20. The first-order chi connectivity index (χ1) is 64.1. The van der Waals surface area contributed by atoms with Crippen molar-refractivity contribution in [1.82, 2.24) is 105 Å². The molecule has 0 unspecified atom stereocenters. The van der Waals surface area contributed by atoms with E-state index in [0.717, 1.165) is 185 Å². The quantitative estimate of drug-likeness (QED) is 0.0324. The first-order valence-electron chi connectivity index (χ1n) is 56.3. The van der Waals surface area contributed by atoms with Gasteiger partial charge < -0.3 is 0 Å². The summed E-state index contributed by atoms with van der Waals surface area (Å²) in [6, 6.07) is 0. The van der Waals surface area contributed by atoms with E-state index in [1.54, 1.807) is 0 Å². The van der Waals surface area contributed by atoms with Crippen LogP contribution in [0.15, 0.2) is 43.4 Å². The van der Waals surface area contributed by atoms with Gasteiger partial charge in [0.2, 0.25) is 0 Å². The van der Waals surface area contributed by atoms with Crippen molar-refractivity contribution in [3.63, 3.8) is 0 Å². The lowest BCUT2D eigenvalue weighted by atomic mass is 10.0. The van der Waals surface area contributed by atoms with Crippen LogP contribution in [-0.4, -0.2) is 105 Å². The van der Waals surface area contributed by atoms with Crippen LogP contribution >= 0.6 is 0 Å². The molecule has 0 N–H and O–H groups in total. The van der Waals surface area contributed by atoms with Crippen molar-refractivity contribution in [3.8, 4) is 0 Å². The number of nitrogens with zero attached hydrogens (tertiary/aromatic N) is 21. The van der Waals surface area contributed by atoms with Gasteiger partial charge >= 0.3 is 0 Å². The van der Waals surface area contributed by atoms with Crippen molar-refractivity contribution < 1.29 is 0 Å². The van der Waals surface area contributed by atoms with Gasteiger partial charge in [0.05, 0.1) is 70.8 Å². The molecule has 776 valence electrons. The third kappa shape index (κ3) is 75.9. The maximum absolute atomic E-state index is 4.25. The minimum absolute atomic E-state index is 0.730. The molecule has 0 aromatic carbocycles. The SMILES string of the molecule is CC(C)CCCCCCCn1nncc1CCC(C)C.CC(C)CCCCCCc1cn(CCC(C)C)nn1.CC(C)CCCCCCc1cn(CCC(C)C)nn1.CC(C)CCCCCCn1nncc1CCC(C)C.CC(C)CCCCCCn1nncc1CCC(C)C.CC(C)CCCCCn1nncc1CCCC(C)C.CC(C)CCCCCn1nncc1CCCC(C)C. The van der Waals surface area contributed by atoms with Crippen LogP contribution in [0.25, 0.3) is 0 Å². The second kappa shape index (κ2) is 82.8. The molecule has 7 heterocycles. The van der Waals surface area contributed by atoms with Crippen LogP contribution in [0.3, 0.4) is 0 Å². The van der Waals surface area contributed by atoms with E-state index in [1.807, 2.05) is 40.3 Å². The molecule has 0 saturated heterocycles. The van der Waals surface area contributed by atoms with Gasteiger partial charge in [-0.3, -0.25) is 9.36 Å². The van der Waals surface area contributed by atoms with Crippen LogP contribution in [0.5, 0.6) is 0 Å². The molecule has 0 aliphatic rings. The Balaban J connectivity index is 0.000000782. The first kappa shape index (κ1) is 126. The predicted octanol–water partition coefficient (Wildman–Crippen LogP) is 31.7. The fourth-order valence-electron chi connectivity index (χ4n) is 16.0. The number of rotatable bonds is 71. The highest BCUT2D eigenvalue weighted by molar-refractivity contribution is 4.99. The van der Waals surface area contributed by atoms with Gasteiger partial charge in [-0.1, -0.05) is 417 Å². The Morgan fingerprint density at radius 2 is 0.343 bits per heavy atom. The fourth-order valence-corrected chi connectivity index (χ4v) is 16.0. The summed E-state index contributed by atoms with van der Waals surface area (Å²) in [5.74, 6) is 11.2. The zero-order chi connectivity index (χ0) is 99.3. The highest BCUT2D eigenvalue weighted by Crippen LogP contribution is 2.22. The number of aryl methyl sites for hydroxylation is 14. The lowest BCUT2D eigenvalue weighted by Crippen LogP contribution is -2.06. The molecule has 0 atom stereocenters. The minimum Gasteiger partial charge on any atom is -0.252 e. The van der Waals surface area contributed by atoms with Crippen molar-refractivity contribution >= 4 is 0 Å². The smallest absolute Gasteiger partial charge is 0.0827 e. The molecule has 7 aromatic rings. The summed E-state index contributed by atoms with van der Waals surface area (Å²) in [7, 11) is 0. The average molecular weight is 1870 g/mol. The zero-order valence-corrected chi connectivity index (χ0v) is 93.3. The van der Waals surface area contributed by atoms with E-state index >= 15 is 0 Å². The molecule has 0 aliphatic carbocycles. The van der Waals surface area contributed by atoms with Crippen LogP contribution in [-0.2, 0) is 90.8 Å². The monoisotopic (exact) mass is 1870 g/mol. The van der Waals surface area contributed by atoms with E-state index in [4.69, 9.17) is 0 Å². The van der Waals surface area contributed by atoms with E-state index in [1.165, 1.54) is 305 Å². The molecule has 21 nitrogen and oxygen atoms in total. The van der Waals surface area contributed by atoms with Crippen LogP contribution in [0, 0.1) is 82.9 Å². The van der Waals surface area contributed by atoms with E-state index in [2.05, 4.69) is 302 Å². The Labute approximate surface area is 827 Å². The highest BCUT2D eigenvalue weighted by atomic mass is 15.5. The van der Waals surface area contributed by atoms with Crippen LogP contribution < -0.4 is 0 Å². The summed E-state index contributed by atoms with van der Waals surface area (Å²) >= 11 is 0. The van der Waals surface area contributed by atoms with Gasteiger partial charge in [0, 0.05) is 58.2 Å². The van der Waals surface area contributed by atoms with Crippen molar-refractivity contribution in [1.29, 1.82) is 0 Å². The van der Waals surface area contributed by atoms with E-state index in [0.29, 0.717) is 0 Å². The summed E-state index contributed by atoms with van der Waals surface area (Å²) < 4.78 is 14.5. The summed E-state index contributed by atoms with van der Waals surface area (Å²) in [4.78, 5) is 0. The second-order valence-electron chi connectivity index (χ2n) is 45.7. The molecule has 0 aliphatic heterocycles. The summed E-state index contributed by atoms with van der Waals surface area (Å²) in [6.45, 7) is 71.1. The van der Waals surface area contributed by atoms with Gasteiger partial charge in [-0.2, -0.15) is 0 Å². The molecular formula is C113H219N21. The third-order valence-corrected chi connectivity index (χ3v) is 25.1. The average Bonchev–Trinajstić information content (AvgIpc) is 1.76. The summed E-state index contributed by atoms with van der Waals surface area (Å²) in [5, 5.41) is 58.2. The van der Waals surface area contributed by atoms with Gasteiger partial charge in [0.1, 0.15) is 0 Å². The first-order valence-corrected chi connectivity index (χ1v) is 56.3. The van der Waals surface area contributed by atoms with Crippen molar-refractivity contribution in [2.24, 2.45) is 82.9 Å². The molecule has 21 heteroatoms. The number of aromatic nitrogens is 21. The standard InChI is InChI=1S/C17H33N3.6C16H31N3/c1-15(2)10-8-6-5-7-9-13-20-17(14-18-19-20)12-11-16(3)4;2*1-14(2)9-6-5-7-12-19-16(13-17-18-19)11-8-10-15(3)4;2*1-14(2)9-7-5-6-8-12-19-16(13-17-18-19)11-10-15(3)4;2*1-14(2)9-7-5-6-8-10-16-13-19(18-17-16)12-11-15(3)4/h14-16H,5-13H2,1-4H3;6*13-15H,5-12H2,1-4H3. The van der Waals surface area contributed by atoms with Gasteiger partial charge in [-0.25, -0.2) is 23.4 Å². The molecule has 0 fully saturated rings. The van der Waals surface area contributed by atoms with Crippen LogP contribution in [0.2, 0.25) is 0 Å². The van der Waals surface area contributed by atoms with Gasteiger partial charge in [0.25, 0.3) is 0 Å². The van der Waals surface area contributed by atoms with Crippen molar-refractivity contribution in [2.45, 2.75) is 561 Å². The molecule has 0 saturated carbocycles. The maximum Gasteiger partial charge on any atom is 0.0827 e. The highest BCUT2D eigenvalue weighted by Gasteiger charge is 2.14.